The third kappa shape index (κ3) is 4.20. The molecule has 0 amide bonds. The van der Waals surface area contributed by atoms with Crippen molar-refractivity contribution >= 4 is 11.5 Å². The normalized spacial score (nSPS) is 15.4. The highest BCUT2D eigenvalue weighted by Crippen LogP contribution is 2.28. The maximum atomic E-state index is 4.72. The molecule has 1 saturated heterocycles. The molecule has 1 aromatic carbocycles. The SMILES string of the molecule is CCN(CC)CCN1CCN(c2ccnc3c(-c4ccc(C)c(C)c4)cnn23)CC1. The van der Waals surface area contributed by atoms with Crippen LogP contribution in [0.5, 0.6) is 0 Å². The van der Waals surface area contributed by atoms with Crippen molar-refractivity contribution in [1.82, 2.24) is 24.4 Å². The fourth-order valence-corrected chi connectivity index (χ4v) is 4.25. The maximum absolute atomic E-state index is 4.72. The number of anilines is 1. The van der Waals surface area contributed by atoms with E-state index in [0.29, 0.717) is 0 Å². The standard InChI is InChI=1S/C24H34N6/c1-5-27(6-2)11-12-28-13-15-29(16-14-28)23-9-10-25-24-22(18-26-30(23)24)21-8-7-19(3)20(4)17-21/h7-10,17-18H,5-6,11-16H2,1-4H3. The van der Waals surface area contributed by atoms with Crippen molar-refractivity contribution in [2.75, 3.05) is 57.3 Å². The van der Waals surface area contributed by atoms with Crippen LogP contribution in [0.15, 0.2) is 36.7 Å². The minimum Gasteiger partial charge on any atom is -0.354 e. The van der Waals surface area contributed by atoms with E-state index in [4.69, 9.17) is 5.10 Å². The van der Waals surface area contributed by atoms with Gasteiger partial charge in [0, 0.05) is 51.0 Å². The summed E-state index contributed by atoms with van der Waals surface area (Å²) in [6, 6.07) is 8.67. The number of likely N-dealkylation sites (N-methyl/N-ethyl adjacent to an activating group) is 1. The summed E-state index contributed by atoms with van der Waals surface area (Å²) < 4.78 is 2.01. The van der Waals surface area contributed by atoms with E-state index >= 15 is 0 Å². The van der Waals surface area contributed by atoms with Crippen molar-refractivity contribution in [3.8, 4) is 11.1 Å². The predicted molar refractivity (Wildman–Crippen MR) is 124 cm³/mol. The Kier molecular flexibility index (Phi) is 6.35. The Labute approximate surface area is 180 Å². The van der Waals surface area contributed by atoms with Crippen LogP contribution < -0.4 is 4.90 Å². The lowest BCUT2D eigenvalue weighted by Crippen LogP contribution is -2.49. The molecule has 0 radical (unpaired) electrons. The zero-order valence-corrected chi connectivity index (χ0v) is 18.8. The summed E-state index contributed by atoms with van der Waals surface area (Å²) in [7, 11) is 0. The summed E-state index contributed by atoms with van der Waals surface area (Å²) >= 11 is 0. The summed E-state index contributed by atoms with van der Waals surface area (Å²) in [4.78, 5) is 12.2. The minimum atomic E-state index is 0.930. The molecule has 0 saturated carbocycles. The molecular weight excluding hydrogens is 372 g/mol. The van der Waals surface area contributed by atoms with Crippen LogP contribution in [-0.4, -0.2) is 76.8 Å². The zero-order chi connectivity index (χ0) is 21.1. The number of benzene rings is 1. The van der Waals surface area contributed by atoms with Gasteiger partial charge in [-0.05, 0) is 49.7 Å². The van der Waals surface area contributed by atoms with Crippen molar-refractivity contribution < 1.29 is 0 Å². The van der Waals surface area contributed by atoms with Gasteiger partial charge >= 0.3 is 0 Å². The summed E-state index contributed by atoms with van der Waals surface area (Å²) in [5.41, 5.74) is 5.81. The Morgan fingerprint density at radius 3 is 2.43 bits per heavy atom. The Morgan fingerprint density at radius 1 is 0.967 bits per heavy atom. The summed E-state index contributed by atoms with van der Waals surface area (Å²) in [6.07, 6.45) is 3.87. The van der Waals surface area contributed by atoms with Gasteiger partial charge in [-0.3, -0.25) is 4.90 Å². The Hall–Kier alpha value is -2.44. The molecule has 1 aliphatic heterocycles. The number of fused-ring (bicyclic) bond motifs is 1. The molecule has 0 aliphatic carbocycles. The molecule has 3 heterocycles. The first-order valence-corrected chi connectivity index (χ1v) is 11.2. The van der Waals surface area contributed by atoms with Crippen molar-refractivity contribution in [1.29, 1.82) is 0 Å². The van der Waals surface area contributed by atoms with Gasteiger partial charge in [-0.2, -0.15) is 9.61 Å². The monoisotopic (exact) mass is 406 g/mol. The van der Waals surface area contributed by atoms with Gasteiger partial charge < -0.3 is 9.80 Å². The third-order valence-electron chi connectivity index (χ3n) is 6.52. The van der Waals surface area contributed by atoms with Gasteiger partial charge in [0.1, 0.15) is 5.82 Å². The first kappa shape index (κ1) is 20.8. The Morgan fingerprint density at radius 2 is 1.73 bits per heavy atom. The summed E-state index contributed by atoms with van der Waals surface area (Å²) in [6.45, 7) is 17.6. The number of hydrogen-bond acceptors (Lipinski definition) is 5. The van der Waals surface area contributed by atoms with E-state index in [0.717, 1.165) is 69.4 Å². The van der Waals surface area contributed by atoms with Crippen LogP contribution in [0.25, 0.3) is 16.8 Å². The van der Waals surface area contributed by atoms with Crippen LogP contribution in [-0.2, 0) is 0 Å². The van der Waals surface area contributed by atoms with Crippen molar-refractivity contribution in [3.05, 3.63) is 47.8 Å². The lowest BCUT2D eigenvalue weighted by atomic mass is 10.0. The van der Waals surface area contributed by atoms with E-state index in [9.17, 15) is 0 Å². The van der Waals surface area contributed by atoms with Crippen LogP contribution in [0.1, 0.15) is 25.0 Å². The molecule has 2 aromatic heterocycles. The number of hydrogen-bond donors (Lipinski definition) is 0. The van der Waals surface area contributed by atoms with Crippen molar-refractivity contribution in [3.63, 3.8) is 0 Å². The highest BCUT2D eigenvalue weighted by Gasteiger charge is 2.21. The molecule has 0 unspecified atom stereocenters. The Balaban J connectivity index is 1.49. The van der Waals surface area contributed by atoms with E-state index in [1.807, 2.05) is 16.9 Å². The summed E-state index contributed by atoms with van der Waals surface area (Å²) in [5.74, 6) is 1.14. The molecule has 30 heavy (non-hydrogen) atoms. The third-order valence-corrected chi connectivity index (χ3v) is 6.52. The molecule has 6 heteroatoms. The topological polar surface area (TPSA) is 39.9 Å². The van der Waals surface area contributed by atoms with Gasteiger partial charge in [0.25, 0.3) is 0 Å². The van der Waals surface area contributed by atoms with Gasteiger partial charge in [-0.25, -0.2) is 4.98 Å². The van der Waals surface area contributed by atoms with Crippen LogP contribution in [0.4, 0.5) is 5.82 Å². The second kappa shape index (κ2) is 9.14. The highest BCUT2D eigenvalue weighted by atomic mass is 15.4. The van der Waals surface area contributed by atoms with Gasteiger partial charge in [0.05, 0.1) is 6.20 Å². The van der Waals surface area contributed by atoms with E-state index < -0.39 is 0 Å². The van der Waals surface area contributed by atoms with Crippen LogP contribution in [0.3, 0.4) is 0 Å². The second-order valence-corrected chi connectivity index (χ2v) is 8.25. The van der Waals surface area contributed by atoms with Crippen LogP contribution in [0.2, 0.25) is 0 Å². The van der Waals surface area contributed by atoms with E-state index in [1.165, 1.54) is 16.7 Å². The predicted octanol–water partition coefficient (Wildman–Crippen LogP) is 3.48. The number of aromatic nitrogens is 3. The van der Waals surface area contributed by atoms with E-state index in [1.54, 1.807) is 0 Å². The van der Waals surface area contributed by atoms with E-state index in [-0.39, 0.29) is 0 Å². The number of piperazine rings is 1. The second-order valence-electron chi connectivity index (χ2n) is 8.25. The largest absolute Gasteiger partial charge is 0.354 e. The molecule has 1 fully saturated rings. The molecule has 0 bridgehead atoms. The Bertz CT molecular complexity index is 983. The zero-order valence-electron chi connectivity index (χ0n) is 18.8. The van der Waals surface area contributed by atoms with Gasteiger partial charge in [-0.15, -0.1) is 0 Å². The number of nitrogens with zero attached hydrogens (tertiary/aromatic N) is 6. The van der Waals surface area contributed by atoms with Gasteiger partial charge in [0.15, 0.2) is 5.65 Å². The molecule has 3 aromatic rings. The fourth-order valence-electron chi connectivity index (χ4n) is 4.25. The minimum absolute atomic E-state index is 0.930. The molecular formula is C24H34N6. The molecule has 0 atom stereocenters. The quantitative estimate of drug-likeness (QED) is 0.601. The average molecular weight is 407 g/mol. The van der Waals surface area contributed by atoms with Gasteiger partial charge in [0.2, 0.25) is 0 Å². The molecule has 160 valence electrons. The van der Waals surface area contributed by atoms with Crippen LogP contribution in [0, 0.1) is 13.8 Å². The molecule has 0 spiro atoms. The molecule has 0 N–H and O–H groups in total. The van der Waals surface area contributed by atoms with E-state index in [2.05, 4.69) is 71.6 Å². The number of rotatable bonds is 7. The molecule has 4 rings (SSSR count). The van der Waals surface area contributed by atoms with Crippen molar-refractivity contribution in [2.45, 2.75) is 27.7 Å². The molecule has 6 nitrogen and oxygen atoms in total. The maximum Gasteiger partial charge on any atom is 0.165 e. The smallest absolute Gasteiger partial charge is 0.165 e. The van der Waals surface area contributed by atoms with Crippen molar-refractivity contribution in [2.24, 2.45) is 0 Å². The summed E-state index contributed by atoms with van der Waals surface area (Å²) in [5, 5.41) is 4.72. The lowest BCUT2D eigenvalue weighted by molar-refractivity contribution is 0.205. The fraction of sp³-hybridized carbons (Fsp3) is 0.500. The molecule has 1 aliphatic rings. The lowest BCUT2D eigenvalue weighted by Gasteiger charge is -2.36. The highest BCUT2D eigenvalue weighted by molar-refractivity contribution is 5.78. The number of aryl methyl sites for hydroxylation is 2. The van der Waals surface area contributed by atoms with Gasteiger partial charge in [-0.1, -0.05) is 32.0 Å². The first-order chi connectivity index (χ1) is 14.6. The average Bonchev–Trinajstić information content (AvgIpc) is 3.21. The first-order valence-electron chi connectivity index (χ1n) is 11.2. The van der Waals surface area contributed by atoms with Crippen LogP contribution >= 0.6 is 0 Å².